The maximum atomic E-state index is 12.4. The first-order valence-corrected chi connectivity index (χ1v) is 8.82. The Morgan fingerprint density at radius 1 is 1.12 bits per heavy atom. The topological polar surface area (TPSA) is 72.2 Å². The molecule has 0 aliphatic carbocycles. The number of methoxy groups -OCH3 is 2. The van der Waals surface area contributed by atoms with Crippen LogP contribution < -0.4 is 9.47 Å². The predicted molar refractivity (Wildman–Crippen MR) is 101 cm³/mol. The predicted octanol–water partition coefficient (Wildman–Crippen LogP) is 4.10. The molecule has 0 atom stereocenters. The van der Waals surface area contributed by atoms with Crippen LogP contribution in [-0.2, 0) is 0 Å². The number of thioether (sulfide) groups is 1. The maximum absolute atomic E-state index is 12.4. The van der Waals surface area contributed by atoms with Crippen LogP contribution in [0.3, 0.4) is 0 Å². The fourth-order valence-corrected chi connectivity index (χ4v) is 3.33. The Morgan fingerprint density at radius 3 is 2.62 bits per heavy atom. The van der Waals surface area contributed by atoms with Crippen molar-refractivity contribution >= 4 is 28.4 Å². The third-order valence-electron chi connectivity index (χ3n) is 3.84. The molecule has 1 heterocycles. The van der Waals surface area contributed by atoms with Crippen LogP contribution in [-0.4, -0.2) is 30.7 Å². The average Bonchev–Trinajstić information content (AvgIpc) is 2.70. The maximum Gasteiger partial charge on any atom is 0.173 e. The van der Waals surface area contributed by atoms with Gasteiger partial charge in [-0.1, -0.05) is 23.9 Å². The molecular formula is C20H16N2O3S. The number of hydrogen-bond donors (Lipinski definition) is 0. The second-order valence-corrected chi connectivity index (χ2v) is 6.42. The molecule has 0 radical (unpaired) electrons. The summed E-state index contributed by atoms with van der Waals surface area (Å²) in [6.45, 7) is 0. The van der Waals surface area contributed by atoms with Crippen molar-refractivity contribution in [1.82, 2.24) is 4.98 Å². The van der Waals surface area contributed by atoms with Crippen LogP contribution in [0, 0.1) is 11.3 Å². The van der Waals surface area contributed by atoms with Crippen molar-refractivity contribution in [3.8, 4) is 17.6 Å². The molecule has 2 aromatic carbocycles. The van der Waals surface area contributed by atoms with Gasteiger partial charge in [0.2, 0.25) is 0 Å². The van der Waals surface area contributed by atoms with Crippen LogP contribution in [0.1, 0.15) is 15.9 Å². The van der Waals surface area contributed by atoms with Crippen molar-refractivity contribution < 1.29 is 14.3 Å². The Labute approximate surface area is 155 Å². The Balaban J connectivity index is 1.83. The number of Topliss-reactive ketones (excluding diaryl/α,β-unsaturated/α-hetero) is 1. The summed E-state index contributed by atoms with van der Waals surface area (Å²) in [6, 6.07) is 16.4. The number of pyridine rings is 1. The number of aromatic nitrogens is 1. The monoisotopic (exact) mass is 364 g/mol. The van der Waals surface area contributed by atoms with Crippen LogP contribution in [0.5, 0.6) is 11.5 Å². The van der Waals surface area contributed by atoms with Gasteiger partial charge >= 0.3 is 0 Å². The summed E-state index contributed by atoms with van der Waals surface area (Å²) in [5.41, 5.74) is 1.76. The number of rotatable bonds is 6. The Bertz CT molecular complexity index is 1010. The number of fused-ring (bicyclic) bond motifs is 1. The standard InChI is InChI=1S/C20H16N2O3S/c1-24-16-5-3-4-13(9-16)19(23)12-26-20-15(11-21)8-14-10-17(25-2)6-7-18(14)22-20/h3-10H,12H2,1-2H3. The van der Waals surface area contributed by atoms with Crippen molar-refractivity contribution in [3.05, 3.63) is 59.7 Å². The molecule has 0 amide bonds. The first kappa shape index (κ1) is 17.8. The lowest BCUT2D eigenvalue weighted by Crippen LogP contribution is -2.03. The summed E-state index contributed by atoms with van der Waals surface area (Å²) >= 11 is 1.26. The van der Waals surface area contributed by atoms with Crippen LogP contribution in [0.2, 0.25) is 0 Å². The van der Waals surface area contributed by atoms with E-state index in [2.05, 4.69) is 11.1 Å². The molecule has 0 spiro atoms. The molecule has 0 saturated carbocycles. The van der Waals surface area contributed by atoms with Crippen LogP contribution in [0.4, 0.5) is 0 Å². The second kappa shape index (κ2) is 7.89. The summed E-state index contributed by atoms with van der Waals surface area (Å²) in [5.74, 6) is 1.49. The summed E-state index contributed by atoms with van der Waals surface area (Å²) in [7, 11) is 3.15. The molecule has 0 aliphatic heterocycles. The third-order valence-corrected chi connectivity index (χ3v) is 4.83. The molecular weight excluding hydrogens is 348 g/mol. The first-order valence-electron chi connectivity index (χ1n) is 7.83. The van der Waals surface area contributed by atoms with Crippen LogP contribution in [0.25, 0.3) is 10.9 Å². The second-order valence-electron chi connectivity index (χ2n) is 5.46. The molecule has 3 aromatic rings. The summed E-state index contributed by atoms with van der Waals surface area (Å²) < 4.78 is 10.3. The quantitative estimate of drug-likeness (QED) is 0.484. The number of hydrogen-bond acceptors (Lipinski definition) is 6. The van der Waals surface area contributed by atoms with Gasteiger partial charge in [-0.2, -0.15) is 5.26 Å². The summed E-state index contributed by atoms with van der Waals surface area (Å²) in [4.78, 5) is 17.0. The Hall–Kier alpha value is -3.04. The molecule has 0 saturated heterocycles. The van der Waals surface area contributed by atoms with Gasteiger partial charge in [-0.3, -0.25) is 4.79 Å². The number of ketones is 1. The molecule has 0 unspecified atom stereocenters. The number of carbonyl (C=O) groups excluding carboxylic acids is 1. The highest BCUT2D eigenvalue weighted by Gasteiger charge is 2.12. The van der Waals surface area contributed by atoms with E-state index in [4.69, 9.17) is 9.47 Å². The largest absolute Gasteiger partial charge is 0.497 e. The molecule has 0 N–H and O–H groups in total. The van der Waals surface area contributed by atoms with Gasteiger partial charge in [-0.05, 0) is 36.4 Å². The lowest BCUT2D eigenvalue weighted by atomic mass is 10.1. The highest BCUT2D eigenvalue weighted by Crippen LogP contribution is 2.27. The first-order chi connectivity index (χ1) is 12.6. The fourth-order valence-electron chi connectivity index (χ4n) is 2.47. The van der Waals surface area contributed by atoms with Gasteiger partial charge < -0.3 is 9.47 Å². The van der Waals surface area contributed by atoms with E-state index >= 15 is 0 Å². The Kier molecular flexibility index (Phi) is 5.40. The molecule has 1 aromatic heterocycles. The van der Waals surface area contributed by atoms with Gasteiger partial charge in [0.25, 0.3) is 0 Å². The minimum Gasteiger partial charge on any atom is -0.497 e. The van der Waals surface area contributed by atoms with Gasteiger partial charge in [0.1, 0.15) is 22.6 Å². The van der Waals surface area contributed by atoms with Crippen molar-refractivity contribution in [1.29, 1.82) is 5.26 Å². The molecule has 0 fully saturated rings. The van der Waals surface area contributed by atoms with Crippen molar-refractivity contribution in [2.75, 3.05) is 20.0 Å². The van der Waals surface area contributed by atoms with E-state index in [9.17, 15) is 10.1 Å². The number of carbonyl (C=O) groups is 1. The number of nitriles is 1. The van der Waals surface area contributed by atoms with E-state index in [0.717, 1.165) is 10.9 Å². The molecule has 130 valence electrons. The zero-order valence-corrected chi connectivity index (χ0v) is 15.2. The van der Waals surface area contributed by atoms with Crippen molar-refractivity contribution in [2.45, 2.75) is 5.03 Å². The smallest absolute Gasteiger partial charge is 0.173 e. The van der Waals surface area contributed by atoms with E-state index in [1.165, 1.54) is 11.8 Å². The molecule has 5 nitrogen and oxygen atoms in total. The van der Waals surface area contributed by atoms with E-state index in [1.54, 1.807) is 44.6 Å². The number of nitrogens with zero attached hydrogens (tertiary/aromatic N) is 2. The lowest BCUT2D eigenvalue weighted by Gasteiger charge is -2.07. The number of ether oxygens (including phenoxy) is 2. The number of benzene rings is 2. The highest BCUT2D eigenvalue weighted by atomic mass is 32.2. The SMILES string of the molecule is COc1cccc(C(=O)CSc2nc3ccc(OC)cc3cc2C#N)c1. The fraction of sp³-hybridized carbons (Fsp3) is 0.150. The minimum absolute atomic E-state index is 0.0468. The molecule has 3 rings (SSSR count). The van der Waals surface area contributed by atoms with Crippen molar-refractivity contribution in [2.24, 2.45) is 0 Å². The van der Waals surface area contributed by atoms with E-state index < -0.39 is 0 Å². The van der Waals surface area contributed by atoms with Gasteiger partial charge in [-0.15, -0.1) is 0 Å². The van der Waals surface area contributed by atoms with Crippen LogP contribution >= 0.6 is 11.8 Å². The van der Waals surface area contributed by atoms with E-state index in [1.807, 2.05) is 18.2 Å². The molecule has 6 heteroatoms. The summed E-state index contributed by atoms with van der Waals surface area (Å²) in [5, 5.41) is 10.8. The lowest BCUT2D eigenvalue weighted by molar-refractivity contribution is 0.102. The van der Waals surface area contributed by atoms with E-state index in [0.29, 0.717) is 27.7 Å². The Morgan fingerprint density at radius 2 is 1.88 bits per heavy atom. The van der Waals surface area contributed by atoms with Gasteiger partial charge in [0, 0.05) is 10.9 Å². The van der Waals surface area contributed by atoms with Gasteiger partial charge in [0.05, 0.1) is 31.1 Å². The summed E-state index contributed by atoms with van der Waals surface area (Å²) in [6.07, 6.45) is 0. The highest BCUT2D eigenvalue weighted by molar-refractivity contribution is 8.00. The average molecular weight is 364 g/mol. The third kappa shape index (κ3) is 3.79. The normalized spacial score (nSPS) is 10.3. The van der Waals surface area contributed by atoms with Gasteiger partial charge in [0.15, 0.2) is 5.78 Å². The zero-order chi connectivity index (χ0) is 18.5. The minimum atomic E-state index is -0.0468. The van der Waals surface area contributed by atoms with E-state index in [-0.39, 0.29) is 11.5 Å². The molecule has 0 bridgehead atoms. The van der Waals surface area contributed by atoms with Gasteiger partial charge in [-0.25, -0.2) is 4.98 Å². The molecule has 0 aliphatic rings. The zero-order valence-electron chi connectivity index (χ0n) is 14.4. The van der Waals surface area contributed by atoms with Crippen molar-refractivity contribution in [3.63, 3.8) is 0 Å². The molecule has 26 heavy (non-hydrogen) atoms. The van der Waals surface area contributed by atoms with Crippen LogP contribution in [0.15, 0.2) is 53.6 Å².